The molecule has 82 valence electrons. The summed E-state index contributed by atoms with van der Waals surface area (Å²) in [6.07, 6.45) is 0.950. The third kappa shape index (κ3) is 2.03. The Labute approximate surface area is 93.0 Å². The van der Waals surface area contributed by atoms with Crippen molar-refractivity contribution in [3.05, 3.63) is 33.6 Å². The fraction of sp³-hybridized carbons (Fsp3) is 0.400. The maximum Gasteiger partial charge on any atom is 0.146 e. The van der Waals surface area contributed by atoms with E-state index in [-0.39, 0.29) is 16.5 Å². The van der Waals surface area contributed by atoms with Crippen LogP contribution >= 0.6 is 15.9 Å². The molecule has 1 N–H and O–H groups in total. The number of halogens is 4. The molecule has 0 spiro atoms. The second-order valence-electron chi connectivity index (χ2n) is 3.85. The van der Waals surface area contributed by atoms with Crippen LogP contribution in [-0.2, 0) is 6.42 Å². The van der Waals surface area contributed by atoms with Gasteiger partial charge < -0.3 is 5.11 Å². The Balaban J connectivity index is 2.41. The number of benzene rings is 1. The smallest absolute Gasteiger partial charge is 0.146 e. The molecule has 1 saturated carbocycles. The predicted octanol–water partition coefficient (Wildman–Crippen LogP) is 2.93. The molecule has 1 fully saturated rings. The number of rotatable bonds is 2. The molecule has 0 aromatic heterocycles. The highest BCUT2D eigenvalue weighted by atomic mass is 79.9. The van der Waals surface area contributed by atoms with E-state index in [9.17, 15) is 18.3 Å². The highest BCUT2D eigenvalue weighted by molar-refractivity contribution is 9.10. The normalized spacial score (nSPS) is 17.9. The van der Waals surface area contributed by atoms with Gasteiger partial charge >= 0.3 is 0 Å². The third-order valence-electron chi connectivity index (χ3n) is 2.54. The van der Waals surface area contributed by atoms with E-state index in [1.165, 1.54) is 0 Å². The van der Waals surface area contributed by atoms with Crippen LogP contribution in [0.5, 0.6) is 0 Å². The molecular weight excluding hydrogens is 273 g/mol. The van der Waals surface area contributed by atoms with Crippen LogP contribution in [0.2, 0.25) is 0 Å². The third-order valence-corrected chi connectivity index (χ3v) is 3.27. The van der Waals surface area contributed by atoms with Gasteiger partial charge in [0.1, 0.15) is 17.5 Å². The zero-order valence-corrected chi connectivity index (χ0v) is 9.24. The van der Waals surface area contributed by atoms with E-state index in [1.807, 2.05) is 0 Å². The number of hydrogen-bond acceptors (Lipinski definition) is 1. The highest BCUT2D eigenvalue weighted by Gasteiger charge is 2.41. The van der Waals surface area contributed by atoms with Crippen LogP contribution < -0.4 is 0 Å². The molecule has 0 saturated heterocycles. The average Bonchev–Trinajstić information content (AvgIpc) is 2.89. The summed E-state index contributed by atoms with van der Waals surface area (Å²) in [5.74, 6) is -2.89. The first-order chi connectivity index (χ1) is 6.93. The fourth-order valence-electron chi connectivity index (χ4n) is 1.42. The maximum absolute atomic E-state index is 13.4. The Bertz CT molecular complexity index is 416. The van der Waals surface area contributed by atoms with E-state index >= 15 is 0 Å². The number of aliphatic hydroxyl groups is 1. The van der Waals surface area contributed by atoms with E-state index in [0.29, 0.717) is 18.9 Å². The molecule has 1 aliphatic rings. The molecular formula is C10H8BrF3O. The minimum absolute atomic E-state index is 0.108. The Morgan fingerprint density at radius 3 is 2.40 bits per heavy atom. The van der Waals surface area contributed by atoms with Crippen molar-refractivity contribution in [1.82, 2.24) is 0 Å². The Morgan fingerprint density at radius 2 is 1.87 bits per heavy atom. The van der Waals surface area contributed by atoms with Crippen molar-refractivity contribution in [2.75, 3.05) is 0 Å². The van der Waals surface area contributed by atoms with E-state index in [0.717, 1.165) is 0 Å². The van der Waals surface area contributed by atoms with Crippen LogP contribution in [-0.4, -0.2) is 10.7 Å². The van der Waals surface area contributed by atoms with Gasteiger partial charge in [-0.2, -0.15) is 0 Å². The van der Waals surface area contributed by atoms with Crippen molar-refractivity contribution in [3.8, 4) is 0 Å². The van der Waals surface area contributed by atoms with Crippen molar-refractivity contribution in [1.29, 1.82) is 0 Å². The van der Waals surface area contributed by atoms with Crippen LogP contribution in [0.15, 0.2) is 10.5 Å². The summed E-state index contributed by atoms with van der Waals surface area (Å²) in [5.41, 5.74) is -1.26. The summed E-state index contributed by atoms with van der Waals surface area (Å²) in [4.78, 5) is 0. The first-order valence-corrected chi connectivity index (χ1v) is 5.26. The maximum atomic E-state index is 13.4. The van der Waals surface area contributed by atoms with Gasteiger partial charge in [0.25, 0.3) is 0 Å². The Kier molecular flexibility index (Phi) is 2.55. The molecule has 1 nitrogen and oxygen atoms in total. The SMILES string of the molecule is OC1(Cc2c(F)cc(F)c(Br)c2F)CC1. The highest BCUT2D eigenvalue weighted by Crippen LogP contribution is 2.40. The summed E-state index contributed by atoms with van der Waals surface area (Å²) in [7, 11) is 0. The monoisotopic (exact) mass is 280 g/mol. The van der Waals surface area contributed by atoms with Gasteiger partial charge in [0.15, 0.2) is 0 Å². The minimum atomic E-state index is -1.00. The molecule has 0 bridgehead atoms. The molecule has 1 aliphatic carbocycles. The van der Waals surface area contributed by atoms with E-state index in [2.05, 4.69) is 15.9 Å². The van der Waals surface area contributed by atoms with E-state index in [4.69, 9.17) is 0 Å². The first kappa shape index (κ1) is 11.0. The molecule has 15 heavy (non-hydrogen) atoms. The lowest BCUT2D eigenvalue weighted by Crippen LogP contribution is -2.14. The second kappa shape index (κ2) is 3.49. The van der Waals surface area contributed by atoms with Gasteiger partial charge in [-0.3, -0.25) is 0 Å². The zero-order valence-electron chi connectivity index (χ0n) is 7.66. The molecule has 0 aliphatic heterocycles. The van der Waals surface area contributed by atoms with Crippen molar-refractivity contribution < 1.29 is 18.3 Å². The molecule has 0 atom stereocenters. The van der Waals surface area contributed by atoms with Crippen LogP contribution in [0.4, 0.5) is 13.2 Å². The molecule has 5 heteroatoms. The quantitative estimate of drug-likeness (QED) is 0.652. The van der Waals surface area contributed by atoms with Gasteiger partial charge in [-0.1, -0.05) is 0 Å². The molecule has 0 heterocycles. The first-order valence-electron chi connectivity index (χ1n) is 4.47. The van der Waals surface area contributed by atoms with E-state index < -0.39 is 23.1 Å². The average molecular weight is 281 g/mol. The number of hydrogen-bond donors (Lipinski definition) is 1. The van der Waals surface area contributed by atoms with Gasteiger partial charge in [-0.25, -0.2) is 13.2 Å². The Morgan fingerprint density at radius 1 is 1.27 bits per heavy atom. The lowest BCUT2D eigenvalue weighted by atomic mass is 10.1. The summed E-state index contributed by atoms with van der Waals surface area (Å²) in [5, 5.41) is 9.55. The molecule has 2 rings (SSSR count). The van der Waals surface area contributed by atoms with Crippen molar-refractivity contribution in [2.24, 2.45) is 0 Å². The lowest BCUT2D eigenvalue weighted by molar-refractivity contribution is 0.148. The van der Waals surface area contributed by atoms with Gasteiger partial charge in [0, 0.05) is 18.1 Å². The van der Waals surface area contributed by atoms with Crippen LogP contribution in [0, 0.1) is 17.5 Å². The lowest BCUT2D eigenvalue weighted by Gasteiger charge is -2.11. The van der Waals surface area contributed by atoms with Crippen molar-refractivity contribution in [2.45, 2.75) is 24.9 Å². The minimum Gasteiger partial charge on any atom is -0.390 e. The van der Waals surface area contributed by atoms with Crippen molar-refractivity contribution in [3.63, 3.8) is 0 Å². The summed E-state index contributed by atoms with van der Waals surface area (Å²) >= 11 is 2.69. The largest absolute Gasteiger partial charge is 0.390 e. The van der Waals surface area contributed by atoms with Crippen molar-refractivity contribution >= 4 is 15.9 Å². The predicted molar refractivity (Wildman–Crippen MR) is 51.9 cm³/mol. The second-order valence-corrected chi connectivity index (χ2v) is 4.64. The molecule has 1 aromatic rings. The van der Waals surface area contributed by atoms with Gasteiger partial charge in [-0.15, -0.1) is 0 Å². The van der Waals surface area contributed by atoms with Crippen LogP contribution in [0.1, 0.15) is 18.4 Å². The summed E-state index contributed by atoms with van der Waals surface area (Å²) < 4.78 is 39.2. The fourth-order valence-corrected chi connectivity index (χ4v) is 1.77. The van der Waals surface area contributed by atoms with Crippen LogP contribution in [0.3, 0.4) is 0 Å². The molecule has 0 radical (unpaired) electrons. The summed E-state index contributed by atoms with van der Waals surface area (Å²) in [6.45, 7) is 0. The van der Waals surface area contributed by atoms with Gasteiger partial charge in [-0.05, 0) is 28.8 Å². The molecule has 0 unspecified atom stereocenters. The van der Waals surface area contributed by atoms with Crippen LogP contribution in [0.25, 0.3) is 0 Å². The van der Waals surface area contributed by atoms with Gasteiger partial charge in [0.2, 0.25) is 0 Å². The standard InChI is InChI=1S/C10H8BrF3O/c11-8-7(13)3-6(12)5(9(8)14)4-10(15)1-2-10/h3,15H,1-2,4H2. The van der Waals surface area contributed by atoms with E-state index in [1.54, 1.807) is 0 Å². The summed E-state index contributed by atoms with van der Waals surface area (Å²) in [6, 6.07) is 0.619. The van der Waals surface area contributed by atoms with Gasteiger partial charge in [0.05, 0.1) is 10.1 Å². The Hall–Kier alpha value is -0.550. The topological polar surface area (TPSA) is 20.2 Å². The molecule has 1 aromatic carbocycles. The zero-order chi connectivity index (χ0) is 11.2. The molecule has 0 amide bonds.